The highest BCUT2D eigenvalue weighted by Crippen LogP contribution is 2.31. The zero-order valence-electron chi connectivity index (χ0n) is 17.9. The Bertz CT molecular complexity index is 1080. The molecule has 2 aromatic heterocycles. The number of carbonyl (C=O) groups is 2. The van der Waals surface area contributed by atoms with Gasteiger partial charge in [0, 0.05) is 37.4 Å². The molecule has 2 atom stereocenters. The van der Waals surface area contributed by atoms with Gasteiger partial charge in [-0.1, -0.05) is 18.2 Å². The maximum absolute atomic E-state index is 12.5. The van der Waals surface area contributed by atoms with Crippen molar-refractivity contribution in [2.75, 3.05) is 18.5 Å². The van der Waals surface area contributed by atoms with Crippen molar-refractivity contribution < 1.29 is 19.4 Å². The number of anilines is 1. The molecule has 0 spiro atoms. The van der Waals surface area contributed by atoms with Crippen molar-refractivity contribution in [2.45, 2.75) is 25.6 Å². The number of aliphatic hydroxyl groups excluding tert-OH is 1. The van der Waals surface area contributed by atoms with Crippen molar-refractivity contribution in [1.82, 2.24) is 19.7 Å². The van der Waals surface area contributed by atoms with Crippen molar-refractivity contribution in [3.63, 3.8) is 0 Å². The Balaban J connectivity index is 1.48. The fourth-order valence-corrected chi connectivity index (χ4v) is 3.73. The van der Waals surface area contributed by atoms with Crippen LogP contribution in [0.25, 0.3) is 0 Å². The van der Waals surface area contributed by atoms with Crippen molar-refractivity contribution in [3.8, 4) is 0 Å². The SMILES string of the molecule is Cc1cc(C(=O)Nc2ccc(C3OCC(=O)N(Cc4cccnc4)C3CO)cc2)nn1C. The Morgan fingerprint density at radius 2 is 2.06 bits per heavy atom. The van der Waals surface area contributed by atoms with Gasteiger partial charge in [-0.3, -0.25) is 19.3 Å². The molecule has 2 amide bonds. The van der Waals surface area contributed by atoms with Crippen LogP contribution >= 0.6 is 0 Å². The molecule has 1 aliphatic rings. The number of pyridine rings is 1. The number of aromatic nitrogens is 3. The number of aliphatic hydroxyl groups is 1. The molecule has 0 aliphatic carbocycles. The standard InChI is InChI=1S/C23H25N5O4/c1-15-10-19(26-27(15)2)23(31)25-18-7-5-17(6-8-18)22-20(13-29)28(21(30)14-32-22)12-16-4-3-9-24-11-16/h3-11,20,22,29H,12-14H2,1-2H3,(H,25,31). The molecule has 2 N–H and O–H groups in total. The van der Waals surface area contributed by atoms with E-state index in [1.165, 1.54) is 0 Å². The molecule has 2 unspecified atom stereocenters. The van der Waals surface area contributed by atoms with Crippen LogP contribution in [0.5, 0.6) is 0 Å². The molecule has 4 rings (SSSR count). The molecule has 0 bridgehead atoms. The Labute approximate surface area is 185 Å². The molecule has 166 valence electrons. The van der Waals surface area contributed by atoms with Gasteiger partial charge in [-0.2, -0.15) is 5.10 Å². The lowest BCUT2D eigenvalue weighted by molar-refractivity contribution is -0.162. The number of benzene rings is 1. The summed E-state index contributed by atoms with van der Waals surface area (Å²) in [7, 11) is 1.78. The molecule has 1 aliphatic heterocycles. The third-order valence-electron chi connectivity index (χ3n) is 5.56. The summed E-state index contributed by atoms with van der Waals surface area (Å²) < 4.78 is 7.43. The lowest BCUT2D eigenvalue weighted by atomic mass is 9.98. The fourth-order valence-electron chi connectivity index (χ4n) is 3.73. The highest BCUT2D eigenvalue weighted by molar-refractivity contribution is 6.02. The van der Waals surface area contributed by atoms with Gasteiger partial charge in [-0.25, -0.2) is 0 Å². The molecule has 3 aromatic rings. The van der Waals surface area contributed by atoms with Gasteiger partial charge in [-0.15, -0.1) is 0 Å². The second kappa shape index (κ2) is 9.29. The van der Waals surface area contributed by atoms with Crippen LogP contribution < -0.4 is 5.32 Å². The lowest BCUT2D eigenvalue weighted by Crippen LogP contribution is -2.52. The Morgan fingerprint density at radius 1 is 1.28 bits per heavy atom. The Hall–Kier alpha value is -3.56. The van der Waals surface area contributed by atoms with Crippen molar-refractivity contribution in [2.24, 2.45) is 7.05 Å². The number of aryl methyl sites for hydroxylation is 2. The molecule has 3 heterocycles. The maximum atomic E-state index is 12.5. The normalized spacial score (nSPS) is 18.6. The number of ether oxygens (including phenoxy) is 1. The minimum atomic E-state index is -0.534. The van der Waals surface area contributed by atoms with Gasteiger partial charge in [0.15, 0.2) is 5.69 Å². The van der Waals surface area contributed by atoms with Crippen LogP contribution in [0, 0.1) is 6.92 Å². The first-order valence-electron chi connectivity index (χ1n) is 10.3. The van der Waals surface area contributed by atoms with Gasteiger partial charge in [0.2, 0.25) is 5.91 Å². The molecule has 9 heteroatoms. The van der Waals surface area contributed by atoms with E-state index in [0.29, 0.717) is 17.9 Å². The molecule has 0 radical (unpaired) electrons. The third-order valence-corrected chi connectivity index (χ3v) is 5.56. The number of rotatable bonds is 6. The van der Waals surface area contributed by atoms with E-state index < -0.39 is 12.1 Å². The largest absolute Gasteiger partial charge is 0.394 e. The summed E-state index contributed by atoms with van der Waals surface area (Å²) in [6, 6.07) is 12.1. The summed E-state index contributed by atoms with van der Waals surface area (Å²) in [5.74, 6) is -0.476. The summed E-state index contributed by atoms with van der Waals surface area (Å²) >= 11 is 0. The maximum Gasteiger partial charge on any atom is 0.276 e. The molecule has 32 heavy (non-hydrogen) atoms. The smallest absolute Gasteiger partial charge is 0.276 e. The number of hydrogen-bond acceptors (Lipinski definition) is 6. The van der Waals surface area contributed by atoms with Crippen LogP contribution in [0.1, 0.15) is 33.4 Å². The lowest BCUT2D eigenvalue weighted by Gasteiger charge is -2.40. The van der Waals surface area contributed by atoms with Crippen molar-refractivity contribution in [3.05, 3.63) is 77.4 Å². The summed E-state index contributed by atoms with van der Waals surface area (Å²) in [6.45, 7) is 1.91. The quantitative estimate of drug-likeness (QED) is 0.611. The second-order valence-corrected chi connectivity index (χ2v) is 7.74. The minimum absolute atomic E-state index is 0.0705. The predicted molar refractivity (Wildman–Crippen MR) is 117 cm³/mol. The van der Waals surface area contributed by atoms with Gasteiger partial charge >= 0.3 is 0 Å². The van der Waals surface area contributed by atoms with Crippen molar-refractivity contribution in [1.29, 1.82) is 0 Å². The van der Waals surface area contributed by atoms with Crippen LogP contribution in [0.2, 0.25) is 0 Å². The highest BCUT2D eigenvalue weighted by Gasteiger charge is 2.37. The van der Waals surface area contributed by atoms with E-state index in [0.717, 1.165) is 16.8 Å². The summed E-state index contributed by atoms with van der Waals surface area (Å²) in [4.78, 5) is 30.6. The average Bonchev–Trinajstić information content (AvgIpc) is 3.15. The molecular formula is C23H25N5O4. The van der Waals surface area contributed by atoms with Gasteiger partial charge in [0.05, 0.1) is 12.6 Å². The average molecular weight is 435 g/mol. The van der Waals surface area contributed by atoms with E-state index in [-0.39, 0.29) is 25.0 Å². The number of nitrogens with one attached hydrogen (secondary N) is 1. The first-order valence-corrected chi connectivity index (χ1v) is 10.3. The monoisotopic (exact) mass is 435 g/mol. The molecule has 1 aromatic carbocycles. The first-order chi connectivity index (χ1) is 15.5. The molecule has 1 saturated heterocycles. The van der Waals surface area contributed by atoms with Crippen LogP contribution in [-0.2, 0) is 23.1 Å². The minimum Gasteiger partial charge on any atom is -0.394 e. The Kier molecular flexibility index (Phi) is 6.29. The molecular weight excluding hydrogens is 410 g/mol. The molecule has 1 fully saturated rings. The molecule has 9 nitrogen and oxygen atoms in total. The van der Waals surface area contributed by atoms with E-state index >= 15 is 0 Å². The van der Waals surface area contributed by atoms with Crippen molar-refractivity contribution >= 4 is 17.5 Å². The fraction of sp³-hybridized carbons (Fsp3) is 0.304. The number of morpholine rings is 1. The predicted octanol–water partition coefficient (Wildman–Crippen LogP) is 1.84. The van der Waals surface area contributed by atoms with E-state index in [9.17, 15) is 14.7 Å². The highest BCUT2D eigenvalue weighted by atomic mass is 16.5. The van der Waals surface area contributed by atoms with Gasteiger partial charge in [-0.05, 0) is 42.3 Å². The summed E-state index contributed by atoms with van der Waals surface area (Å²) in [5, 5.41) is 17.1. The van der Waals surface area contributed by atoms with E-state index in [4.69, 9.17) is 4.74 Å². The molecule has 0 saturated carbocycles. The zero-order chi connectivity index (χ0) is 22.7. The van der Waals surface area contributed by atoms with Gasteiger partial charge in [0.25, 0.3) is 5.91 Å². The third kappa shape index (κ3) is 4.53. The number of carbonyl (C=O) groups excluding carboxylic acids is 2. The topological polar surface area (TPSA) is 110 Å². The van der Waals surface area contributed by atoms with Gasteiger partial charge in [0.1, 0.15) is 12.7 Å². The van der Waals surface area contributed by atoms with Crippen LogP contribution in [-0.4, -0.2) is 55.8 Å². The first kappa shape index (κ1) is 21.7. The Morgan fingerprint density at radius 3 is 2.69 bits per heavy atom. The zero-order valence-corrected chi connectivity index (χ0v) is 17.9. The van der Waals surface area contributed by atoms with E-state index in [1.807, 2.05) is 31.2 Å². The second-order valence-electron chi connectivity index (χ2n) is 7.74. The number of nitrogens with zero attached hydrogens (tertiary/aromatic N) is 4. The van der Waals surface area contributed by atoms with Crippen LogP contribution in [0.4, 0.5) is 5.69 Å². The van der Waals surface area contributed by atoms with Crippen LogP contribution in [0.15, 0.2) is 54.9 Å². The van der Waals surface area contributed by atoms with E-state index in [2.05, 4.69) is 15.4 Å². The van der Waals surface area contributed by atoms with Gasteiger partial charge < -0.3 is 20.1 Å². The summed E-state index contributed by atoms with van der Waals surface area (Å²) in [5.41, 5.74) is 3.53. The number of amides is 2. The van der Waals surface area contributed by atoms with Crippen LogP contribution in [0.3, 0.4) is 0 Å². The summed E-state index contributed by atoms with van der Waals surface area (Å²) in [6.07, 6.45) is 2.89. The number of hydrogen-bond donors (Lipinski definition) is 2. The van der Waals surface area contributed by atoms with E-state index in [1.54, 1.807) is 47.2 Å².